The summed E-state index contributed by atoms with van der Waals surface area (Å²) in [6.45, 7) is 4.17. The van der Waals surface area contributed by atoms with Crippen LogP contribution in [0.4, 0.5) is 0 Å². The maximum absolute atomic E-state index is 5.98. The molecule has 0 spiro atoms. The monoisotopic (exact) mass is 232 g/mol. The number of hydrogen-bond donors (Lipinski definition) is 1. The Morgan fingerprint density at radius 1 is 1.29 bits per heavy atom. The molecular weight excluding hydrogens is 208 g/mol. The summed E-state index contributed by atoms with van der Waals surface area (Å²) < 4.78 is 0. The molecular formula is C15H24N2. The zero-order chi connectivity index (χ0) is 12.3. The molecule has 0 aromatic heterocycles. The Morgan fingerprint density at radius 3 is 2.47 bits per heavy atom. The van der Waals surface area contributed by atoms with E-state index in [9.17, 15) is 0 Å². The third-order valence-corrected chi connectivity index (χ3v) is 4.32. The van der Waals surface area contributed by atoms with E-state index in [0.29, 0.717) is 0 Å². The van der Waals surface area contributed by atoms with Gasteiger partial charge in [0, 0.05) is 18.6 Å². The van der Waals surface area contributed by atoms with E-state index in [0.717, 1.165) is 25.4 Å². The van der Waals surface area contributed by atoms with E-state index in [2.05, 4.69) is 49.2 Å². The molecule has 2 rings (SSSR count). The van der Waals surface area contributed by atoms with Crippen LogP contribution in [0.25, 0.3) is 0 Å². The molecule has 0 heterocycles. The van der Waals surface area contributed by atoms with Gasteiger partial charge in [0.2, 0.25) is 0 Å². The lowest BCUT2D eigenvalue weighted by Gasteiger charge is -2.38. The smallest absolute Gasteiger partial charge is 0.0328 e. The van der Waals surface area contributed by atoms with E-state index in [1.54, 1.807) is 0 Å². The Kier molecular flexibility index (Phi) is 3.85. The Morgan fingerprint density at radius 2 is 1.94 bits per heavy atom. The van der Waals surface area contributed by atoms with Crippen LogP contribution in [-0.4, -0.2) is 30.6 Å². The van der Waals surface area contributed by atoms with Gasteiger partial charge in [-0.2, -0.15) is 0 Å². The summed E-state index contributed by atoms with van der Waals surface area (Å²) in [6, 6.07) is 10.7. The maximum Gasteiger partial charge on any atom is 0.0328 e. The molecule has 1 saturated carbocycles. The number of nitrogens with two attached hydrogens (primary N) is 1. The van der Waals surface area contributed by atoms with Gasteiger partial charge in [0.1, 0.15) is 0 Å². The molecule has 2 heteroatoms. The van der Waals surface area contributed by atoms with Crippen LogP contribution in [0.5, 0.6) is 0 Å². The molecule has 0 radical (unpaired) electrons. The number of benzene rings is 1. The first-order chi connectivity index (χ1) is 8.16. The molecule has 0 aliphatic heterocycles. The van der Waals surface area contributed by atoms with Gasteiger partial charge in [-0.25, -0.2) is 0 Å². The predicted octanol–water partition coefficient (Wildman–Crippen LogP) is 2.29. The van der Waals surface area contributed by atoms with Crippen molar-refractivity contribution in [1.29, 1.82) is 0 Å². The first-order valence-electron chi connectivity index (χ1n) is 6.62. The van der Waals surface area contributed by atoms with Crippen molar-refractivity contribution in [1.82, 2.24) is 4.90 Å². The molecule has 1 aromatic carbocycles. The second kappa shape index (κ2) is 5.19. The van der Waals surface area contributed by atoms with E-state index in [1.165, 1.54) is 18.4 Å². The molecule has 1 aliphatic rings. The average molecular weight is 232 g/mol. The highest BCUT2D eigenvalue weighted by molar-refractivity contribution is 5.15. The SMILES string of the molecule is CN(CCc1ccccc1)C(C)(CN)C1CC1. The average Bonchev–Trinajstić information content (AvgIpc) is 3.20. The highest BCUT2D eigenvalue weighted by Gasteiger charge is 2.42. The molecule has 1 aliphatic carbocycles. The van der Waals surface area contributed by atoms with Gasteiger partial charge >= 0.3 is 0 Å². The zero-order valence-corrected chi connectivity index (χ0v) is 11.0. The van der Waals surface area contributed by atoms with Gasteiger partial charge in [0.05, 0.1) is 0 Å². The molecule has 94 valence electrons. The van der Waals surface area contributed by atoms with E-state index < -0.39 is 0 Å². The number of rotatable bonds is 6. The third kappa shape index (κ3) is 2.88. The van der Waals surface area contributed by atoms with E-state index in [-0.39, 0.29) is 5.54 Å². The topological polar surface area (TPSA) is 29.3 Å². The minimum atomic E-state index is 0.203. The van der Waals surface area contributed by atoms with Crippen molar-refractivity contribution in [2.45, 2.75) is 31.7 Å². The van der Waals surface area contributed by atoms with Crippen molar-refractivity contribution >= 4 is 0 Å². The van der Waals surface area contributed by atoms with Crippen LogP contribution in [0.15, 0.2) is 30.3 Å². The van der Waals surface area contributed by atoms with Crippen LogP contribution in [0, 0.1) is 5.92 Å². The van der Waals surface area contributed by atoms with Crippen LogP contribution in [-0.2, 0) is 6.42 Å². The Labute approximate surface area is 105 Å². The fraction of sp³-hybridized carbons (Fsp3) is 0.600. The van der Waals surface area contributed by atoms with Crippen molar-refractivity contribution in [2.75, 3.05) is 20.1 Å². The highest BCUT2D eigenvalue weighted by atomic mass is 15.2. The lowest BCUT2D eigenvalue weighted by Crippen LogP contribution is -2.52. The quantitative estimate of drug-likeness (QED) is 0.815. The molecule has 0 bridgehead atoms. The molecule has 2 N–H and O–H groups in total. The highest BCUT2D eigenvalue weighted by Crippen LogP contribution is 2.41. The van der Waals surface area contributed by atoms with Crippen LogP contribution >= 0.6 is 0 Å². The molecule has 1 aromatic rings. The minimum absolute atomic E-state index is 0.203. The lowest BCUT2D eigenvalue weighted by atomic mass is 9.93. The fourth-order valence-corrected chi connectivity index (χ4v) is 2.54. The van der Waals surface area contributed by atoms with Crippen molar-refractivity contribution in [2.24, 2.45) is 11.7 Å². The van der Waals surface area contributed by atoms with Crippen LogP contribution in [0.1, 0.15) is 25.3 Å². The van der Waals surface area contributed by atoms with E-state index in [4.69, 9.17) is 5.73 Å². The van der Waals surface area contributed by atoms with Crippen LogP contribution < -0.4 is 5.73 Å². The molecule has 17 heavy (non-hydrogen) atoms. The molecule has 1 fully saturated rings. The Balaban J connectivity index is 1.90. The molecule has 1 unspecified atom stereocenters. The predicted molar refractivity (Wildman–Crippen MR) is 73.0 cm³/mol. The summed E-state index contributed by atoms with van der Waals surface area (Å²) in [5.74, 6) is 0.813. The van der Waals surface area contributed by atoms with Gasteiger partial charge in [-0.3, -0.25) is 4.90 Å². The molecule has 2 nitrogen and oxygen atoms in total. The number of likely N-dealkylation sites (N-methyl/N-ethyl adjacent to an activating group) is 1. The zero-order valence-electron chi connectivity index (χ0n) is 11.0. The summed E-state index contributed by atoms with van der Waals surface area (Å²) in [5, 5.41) is 0. The molecule has 0 amide bonds. The Hall–Kier alpha value is -0.860. The van der Waals surface area contributed by atoms with Crippen molar-refractivity contribution in [3.63, 3.8) is 0 Å². The van der Waals surface area contributed by atoms with Crippen LogP contribution in [0.2, 0.25) is 0 Å². The first-order valence-corrected chi connectivity index (χ1v) is 6.62. The fourth-order valence-electron chi connectivity index (χ4n) is 2.54. The summed E-state index contributed by atoms with van der Waals surface area (Å²) in [5.41, 5.74) is 7.59. The molecule has 0 saturated heterocycles. The summed E-state index contributed by atoms with van der Waals surface area (Å²) >= 11 is 0. The normalized spacial score (nSPS) is 19.3. The van der Waals surface area contributed by atoms with Gasteiger partial charge in [0.25, 0.3) is 0 Å². The maximum atomic E-state index is 5.98. The van der Waals surface area contributed by atoms with Crippen molar-refractivity contribution in [3.05, 3.63) is 35.9 Å². The first kappa shape index (κ1) is 12.6. The second-order valence-corrected chi connectivity index (χ2v) is 5.49. The summed E-state index contributed by atoms with van der Waals surface area (Å²) in [6.07, 6.45) is 3.81. The largest absolute Gasteiger partial charge is 0.329 e. The summed E-state index contributed by atoms with van der Waals surface area (Å²) in [7, 11) is 2.22. The third-order valence-electron chi connectivity index (χ3n) is 4.32. The minimum Gasteiger partial charge on any atom is -0.329 e. The van der Waals surface area contributed by atoms with Crippen molar-refractivity contribution < 1.29 is 0 Å². The second-order valence-electron chi connectivity index (χ2n) is 5.49. The summed E-state index contributed by atoms with van der Waals surface area (Å²) in [4.78, 5) is 2.46. The number of nitrogens with zero attached hydrogens (tertiary/aromatic N) is 1. The van der Waals surface area contributed by atoms with Crippen LogP contribution in [0.3, 0.4) is 0 Å². The molecule has 1 atom stereocenters. The van der Waals surface area contributed by atoms with E-state index >= 15 is 0 Å². The van der Waals surface area contributed by atoms with Gasteiger partial charge in [-0.1, -0.05) is 30.3 Å². The standard InChI is InChI=1S/C15H24N2/c1-15(12-16,14-8-9-14)17(2)11-10-13-6-4-3-5-7-13/h3-7,14H,8-12,16H2,1-2H3. The van der Waals surface area contributed by atoms with E-state index in [1.807, 2.05) is 0 Å². The van der Waals surface area contributed by atoms with Gasteiger partial charge in [-0.05, 0) is 44.7 Å². The number of hydrogen-bond acceptors (Lipinski definition) is 2. The van der Waals surface area contributed by atoms with Gasteiger partial charge < -0.3 is 5.73 Å². The van der Waals surface area contributed by atoms with Gasteiger partial charge in [-0.15, -0.1) is 0 Å². The van der Waals surface area contributed by atoms with Crippen molar-refractivity contribution in [3.8, 4) is 0 Å². The lowest BCUT2D eigenvalue weighted by molar-refractivity contribution is 0.122. The Bertz CT molecular complexity index is 345. The van der Waals surface area contributed by atoms with Gasteiger partial charge in [0.15, 0.2) is 0 Å².